The van der Waals surface area contributed by atoms with Crippen LogP contribution in [0.5, 0.6) is 0 Å². The summed E-state index contributed by atoms with van der Waals surface area (Å²) in [5, 5.41) is 10.6. The van der Waals surface area contributed by atoms with Gasteiger partial charge in [0.15, 0.2) is 0 Å². The van der Waals surface area contributed by atoms with Crippen LogP contribution in [0.25, 0.3) is 5.57 Å². The van der Waals surface area contributed by atoms with Crippen molar-refractivity contribution in [2.24, 2.45) is 11.8 Å². The number of hydrogen-bond acceptors (Lipinski definition) is 1. The van der Waals surface area contributed by atoms with Gasteiger partial charge in [0.2, 0.25) is 0 Å². The lowest BCUT2D eigenvalue weighted by Crippen LogP contribution is -2.21. The van der Waals surface area contributed by atoms with E-state index >= 15 is 0 Å². The smallest absolute Gasteiger partial charge is 0.0832 e. The van der Waals surface area contributed by atoms with Gasteiger partial charge >= 0.3 is 0 Å². The number of allylic oxidation sites excluding steroid dienone is 2. The highest BCUT2D eigenvalue weighted by atomic mass is 16.3. The van der Waals surface area contributed by atoms with Crippen LogP contribution in [0.15, 0.2) is 48.6 Å². The first-order valence-corrected chi connectivity index (χ1v) is 6.90. The van der Waals surface area contributed by atoms with E-state index in [9.17, 15) is 5.11 Å². The fourth-order valence-electron chi connectivity index (χ4n) is 3.76. The molecule has 0 unspecified atom stereocenters. The molecule has 0 spiro atoms. The molecule has 0 bridgehead atoms. The Labute approximate surface area is 109 Å². The normalized spacial score (nSPS) is 30.6. The van der Waals surface area contributed by atoms with Crippen LogP contribution >= 0.6 is 0 Å². The minimum atomic E-state index is -0.300. The van der Waals surface area contributed by atoms with E-state index in [0.29, 0.717) is 11.8 Å². The van der Waals surface area contributed by atoms with Crippen molar-refractivity contribution in [3.8, 4) is 0 Å². The van der Waals surface area contributed by atoms with E-state index in [-0.39, 0.29) is 6.10 Å². The monoisotopic (exact) mass is 240 g/mol. The Morgan fingerprint density at radius 2 is 2.06 bits per heavy atom. The Morgan fingerprint density at radius 1 is 1.28 bits per heavy atom. The van der Waals surface area contributed by atoms with Gasteiger partial charge in [0, 0.05) is 0 Å². The summed E-state index contributed by atoms with van der Waals surface area (Å²) in [6.07, 6.45) is 6.26. The highest BCUT2D eigenvalue weighted by Crippen LogP contribution is 2.51. The molecule has 2 aliphatic rings. The molecule has 0 heterocycles. The van der Waals surface area contributed by atoms with Crippen LogP contribution < -0.4 is 0 Å². The van der Waals surface area contributed by atoms with Gasteiger partial charge in [0.1, 0.15) is 0 Å². The maximum absolute atomic E-state index is 10.6. The van der Waals surface area contributed by atoms with E-state index < -0.39 is 0 Å². The van der Waals surface area contributed by atoms with Crippen LogP contribution in [0.4, 0.5) is 0 Å². The second-order valence-corrected chi connectivity index (χ2v) is 5.44. The van der Waals surface area contributed by atoms with Crippen molar-refractivity contribution in [3.05, 3.63) is 54.1 Å². The average molecular weight is 240 g/mol. The highest BCUT2D eigenvalue weighted by Gasteiger charge is 2.43. The average Bonchev–Trinajstić information content (AvgIpc) is 2.94. The third-order valence-electron chi connectivity index (χ3n) is 4.50. The third-order valence-corrected chi connectivity index (χ3v) is 4.50. The standard InChI is InChI=1S/C17H20O/c1-2-7-15-13-10-6-11-14(13)16(17(15)18)12-8-4-3-5-9-12/h2-5,8-9,13,15,17-18H,1,6-7,10-11H2/t13-,15+,17+/m0/s1. The van der Waals surface area contributed by atoms with Crippen LogP contribution in [0.2, 0.25) is 0 Å². The molecule has 94 valence electrons. The Morgan fingerprint density at radius 3 is 2.78 bits per heavy atom. The van der Waals surface area contributed by atoms with Gasteiger partial charge in [-0.15, -0.1) is 6.58 Å². The largest absolute Gasteiger partial charge is 0.388 e. The molecule has 1 aromatic carbocycles. The topological polar surface area (TPSA) is 20.2 Å². The zero-order chi connectivity index (χ0) is 12.5. The number of hydrogen-bond donors (Lipinski definition) is 1. The molecular weight excluding hydrogens is 220 g/mol. The molecule has 0 radical (unpaired) electrons. The Balaban J connectivity index is 2.02. The minimum Gasteiger partial charge on any atom is -0.388 e. The fraction of sp³-hybridized carbons (Fsp3) is 0.412. The van der Waals surface area contributed by atoms with Crippen molar-refractivity contribution in [3.63, 3.8) is 0 Å². The number of rotatable bonds is 3. The highest BCUT2D eigenvalue weighted by molar-refractivity contribution is 5.75. The van der Waals surface area contributed by atoms with Crippen LogP contribution in [0.3, 0.4) is 0 Å². The Hall–Kier alpha value is -1.34. The van der Waals surface area contributed by atoms with E-state index in [2.05, 4.69) is 30.8 Å². The summed E-state index contributed by atoms with van der Waals surface area (Å²) in [7, 11) is 0. The van der Waals surface area contributed by atoms with E-state index in [1.165, 1.54) is 36.0 Å². The SMILES string of the molecule is C=CC[C@H]1[C@@H](O)C(c2ccccc2)=C2CCC[C@@H]21. The van der Waals surface area contributed by atoms with Crippen LogP contribution in [0, 0.1) is 11.8 Å². The van der Waals surface area contributed by atoms with Gasteiger partial charge in [-0.1, -0.05) is 42.0 Å². The molecule has 3 atom stereocenters. The predicted octanol–water partition coefficient (Wildman–Crippen LogP) is 3.81. The van der Waals surface area contributed by atoms with E-state index in [1.807, 2.05) is 12.1 Å². The van der Waals surface area contributed by atoms with Gasteiger partial charge in [-0.3, -0.25) is 0 Å². The molecule has 3 rings (SSSR count). The van der Waals surface area contributed by atoms with Gasteiger partial charge in [-0.25, -0.2) is 0 Å². The first-order valence-electron chi connectivity index (χ1n) is 6.90. The molecule has 1 fully saturated rings. The zero-order valence-corrected chi connectivity index (χ0v) is 10.7. The Kier molecular flexibility index (Phi) is 3.09. The summed E-state index contributed by atoms with van der Waals surface area (Å²) in [6, 6.07) is 10.4. The molecular formula is C17H20O. The Bertz CT molecular complexity index is 472. The molecule has 1 saturated carbocycles. The van der Waals surface area contributed by atoms with Crippen molar-refractivity contribution in [2.75, 3.05) is 0 Å². The number of benzene rings is 1. The lowest BCUT2D eigenvalue weighted by atomic mass is 9.88. The summed E-state index contributed by atoms with van der Waals surface area (Å²) >= 11 is 0. The van der Waals surface area contributed by atoms with Gasteiger partial charge in [-0.05, 0) is 48.7 Å². The summed E-state index contributed by atoms with van der Waals surface area (Å²) in [4.78, 5) is 0. The first-order chi connectivity index (χ1) is 8.83. The maximum Gasteiger partial charge on any atom is 0.0832 e. The zero-order valence-electron chi connectivity index (χ0n) is 10.7. The van der Waals surface area contributed by atoms with E-state index in [0.717, 1.165) is 6.42 Å². The maximum atomic E-state index is 10.6. The van der Waals surface area contributed by atoms with E-state index in [1.54, 1.807) is 0 Å². The number of aliphatic hydroxyl groups excluding tert-OH is 1. The van der Waals surface area contributed by atoms with Gasteiger partial charge in [-0.2, -0.15) is 0 Å². The molecule has 0 aliphatic heterocycles. The first kappa shape index (κ1) is 11.7. The summed E-state index contributed by atoms with van der Waals surface area (Å²) in [5.74, 6) is 0.948. The molecule has 0 amide bonds. The lowest BCUT2D eigenvalue weighted by Gasteiger charge is -2.20. The number of aliphatic hydroxyl groups is 1. The molecule has 0 aromatic heterocycles. The van der Waals surface area contributed by atoms with Gasteiger partial charge < -0.3 is 5.11 Å². The van der Waals surface area contributed by atoms with E-state index in [4.69, 9.17) is 0 Å². The lowest BCUT2D eigenvalue weighted by molar-refractivity contribution is 0.148. The van der Waals surface area contributed by atoms with Crippen LogP contribution in [0.1, 0.15) is 31.2 Å². The van der Waals surface area contributed by atoms with Gasteiger partial charge in [0.05, 0.1) is 6.10 Å². The minimum absolute atomic E-state index is 0.300. The molecule has 1 aromatic rings. The molecule has 1 N–H and O–H groups in total. The van der Waals surface area contributed by atoms with Crippen LogP contribution in [-0.4, -0.2) is 11.2 Å². The molecule has 18 heavy (non-hydrogen) atoms. The predicted molar refractivity (Wildman–Crippen MR) is 75.0 cm³/mol. The van der Waals surface area contributed by atoms with Crippen molar-refractivity contribution in [1.29, 1.82) is 0 Å². The van der Waals surface area contributed by atoms with Crippen molar-refractivity contribution in [1.82, 2.24) is 0 Å². The summed E-state index contributed by atoms with van der Waals surface area (Å²) in [5.41, 5.74) is 3.93. The molecule has 1 heteroatoms. The molecule has 0 saturated heterocycles. The second kappa shape index (κ2) is 4.74. The quantitative estimate of drug-likeness (QED) is 0.797. The third kappa shape index (κ3) is 1.74. The molecule has 2 aliphatic carbocycles. The summed E-state index contributed by atoms with van der Waals surface area (Å²) < 4.78 is 0. The van der Waals surface area contributed by atoms with Gasteiger partial charge in [0.25, 0.3) is 0 Å². The van der Waals surface area contributed by atoms with Crippen molar-refractivity contribution >= 4 is 5.57 Å². The fourth-order valence-corrected chi connectivity index (χ4v) is 3.76. The van der Waals surface area contributed by atoms with Crippen molar-refractivity contribution in [2.45, 2.75) is 31.8 Å². The number of fused-ring (bicyclic) bond motifs is 1. The second-order valence-electron chi connectivity index (χ2n) is 5.44. The summed E-state index contributed by atoms with van der Waals surface area (Å²) in [6.45, 7) is 3.84. The molecule has 1 nitrogen and oxygen atoms in total. The van der Waals surface area contributed by atoms with Crippen molar-refractivity contribution < 1.29 is 5.11 Å². The van der Waals surface area contributed by atoms with Crippen LogP contribution in [-0.2, 0) is 0 Å².